The molecule has 6 nitrogen and oxygen atoms in total. The molecule has 0 saturated heterocycles. The van der Waals surface area contributed by atoms with E-state index in [9.17, 15) is 23.7 Å². The molecule has 1 aromatic heterocycles. The van der Waals surface area contributed by atoms with Crippen LogP contribution in [0.3, 0.4) is 0 Å². The third-order valence-electron chi connectivity index (χ3n) is 1.65. The van der Waals surface area contributed by atoms with E-state index in [1.54, 1.807) is 4.98 Å². The summed E-state index contributed by atoms with van der Waals surface area (Å²) in [7, 11) is 1.07. The fourth-order valence-corrected chi connectivity index (χ4v) is 0.982. The first-order valence-electron chi connectivity index (χ1n) is 3.71. The van der Waals surface area contributed by atoms with Crippen LogP contribution in [0.1, 0.15) is 12.1 Å². The molecule has 82 valence electrons. The Morgan fingerprint density at radius 3 is 2.60 bits per heavy atom. The molecule has 0 amide bonds. The summed E-state index contributed by atoms with van der Waals surface area (Å²) in [5, 5.41) is 10.3. The zero-order valence-electron chi connectivity index (χ0n) is 7.49. The normalized spacial score (nSPS) is 10.4. The summed E-state index contributed by atoms with van der Waals surface area (Å²) in [4.78, 5) is 22.0. The number of halogens is 2. The maximum Gasteiger partial charge on any atom is 0.337 e. The van der Waals surface area contributed by atoms with Gasteiger partial charge >= 0.3 is 11.2 Å². The number of rotatable bonds is 3. The fraction of sp³-hybridized carbons (Fsp3) is 0.286. The van der Waals surface area contributed by atoms with Crippen molar-refractivity contribution in [2.45, 2.75) is 6.43 Å². The molecule has 1 N–H and O–H groups in total. The molecule has 0 fully saturated rings. The van der Waals surface area contributed by atoms with E-state index in [-0.39, 0.29) is 0 Å². The van der Waals surface area contributed by atoms with Crippen molar-refractivity contribution in [2.75, 3.05) is 7.11 Å². The molecular formula is C7H6F2N2O4. The number of hydrogen-bond acceptors (Lipinski definition) is 4. The van der Waals surface area contributed by atoms with Crippen LogP contribution < -0.4 is 10.3 Å². The van der Waals surface area contributed by atoms with Gasteiger partial charge < -0.3 is 9.72 Å². The number of methoxy groups -OCH3 is 1. The lowest BCUT2D eigenvalue weighted by atomic mass is 10.3. The maximum absolute atomic E-state index is 12.3. The molecule has 15 heavy (non-hydrogen) atoms. The van der Waals surface area contributed by atoms with E-state index in [2.05, 4.69) is 4.74 Å². The summed E-state index contributed by atoms with van der Waals surface area (Å²) >= 11 is 0. The number of hydrogen-bond donors (Lipinski definition) is 1. The first-order chi connectivity index (χ1) is 6.97. The Morgan fingerprint density at radius 1 is 1.60 bits per heavy atom. The van der Waals surface area contributed by atoms with E-state index in [0.717, 1.165) is 7.11 Å². The summed E-state index contributed by atoms with van der Waals surface area (Å²) < 4.78 is 29.1. The minimum absolute atomic E-state index is 0.420. The highest BCUT2D eigenvalue weighted by Crippen LogP contribution is 2.27. The molecule has 0 unspecified atom stereocenters. The standard InChI is InChI=1S/C7H6F2N2O4/c1-15-4-2-3(11(13)14)7(12)10-5(4)6(8)9/h2,6H,1H3,(H,10,12). The number of nitrogens with one attached hydrogen (secondary N) is 1. The van der Waals surface area contributed by atoms with Crippen molar-refractivity contribution in [2.24, 2.45) is 0 Å². The minimum atomic E-state index is -2.96. The topological polar surface area (TPSA) is 85.2 Å². The van der Waals surface area contributed by atoms with Gasteiger partial charge in [0, 0.05) is 0 Å². The van der Waals surface area contributed by atoms with Crippen LogP contribution in [0.15, 0.2) is 10.9 Å². The summed E-state index contributed by atoms with van der Waals surface area (Å²) in [6.45, 7) is 0. The van der Waals surface area contributed by atoms with Crippen molar-refractivity contribution in [3.63, 3.8) is 0 Å². The predicted octanol–water partition coefficient (Wildman–Crippen LogP) is 1.23. The number of nitro groups is 1. The summed E-state index contributed by atoms with van der Waals surface area (Å²) in [6.07, 6.45) is -2.96. The van der Waals surface area contributed by atoms with Crippen LogP contribution >= 0.6 is 0 Å². The third kappa shape index (κ3) is 2.09. The van der Waals surface area contributed by atoms with Crippen LogP contribution in [0.2, 0.25) is 0 Å². The van der Waals surface area contributed by atoms with Gasteiger partial charge in [-0.15, -0.1) is 0 Å². The van der Waals surface area contributed by atoms with Gasteiger partial charge in [0.1, 0.15) is 5.69 Å². The van der Waals surface area contributed by atoms with Crippen LogP contribution in [-0.4, -0.2) is 17.0 Å². The van der Waals surface area contributed by atoms with Crippen LogP contribution in [0.25, 0.3) is 0 Å². The van der Waals surface area contributed by atoms with Gasteiger partial charge in [-0.2, -0.15) is 0 Å². The van der Waals surface area contributed by atoms with Crippen LogP contribution in [-0.2, 0) is 0 Å². The van der Waals surface area contributed by atoms with Crippen LogP contribution in [0, 0.1) is 10.1 Å². The van der Waals surface area contributed by atoms with E-state index >= 15 is 0 Å². The van der Waals surface area contributed by atoms with E-state index < -0.39 is 34.0 Å². The molecule has 8 heteroatoms. The van der Waals surface area contributed by atoms with Crippen molar-refractivity contribution in [3.8, 4) is 5.75 Å². The number of aromatic nitrogens is 1. The summed E-state index contributed by atoms with van der Waals surface area (Å²) in [5.41, 5.74) is -2.79. The lowest BCUT2D eigenvalue weighted by molar-refractivity contribution is -0.386. The molecule has 0 aliphatic carbocycles. The first-order valence-corrected chi connectivity index (χ1v) is 3.71. The Morgan fingerprint density at radius 2 is 2.20 bits per heavy atom. The highest BCUT2D eigenvalue weighted by atomic mass is 19.3. The quantitative estimate of drug-likeness (QED) is 0.613. The molecule has 1 aromatic rings. The molecule has 0 spiro atoms. The zero-order valence-corrected chi connectivity index (χ0v) is 7.49. The third-order valence-corrected chi connectivity index (χ3v) is 1.65. The van der Waals surface area contributed by atoms with Gasteiger partial charge in [0.2, 0.25) is 0 Å². The molecule has 1 rings (SSSR count). The van der Waals surface area contributed by atoms with Gasteiger partial charge in [-0.1, -0.05) is 0 Å². The molecule has 0 aliphatic heterocycles. The van der Waals surface area contributed by atoms with Gasteiger partial charge in [-0.25, -0.2) is 8.78 Å². The van der Waals surface area contributed by atoms with Crippen LogP contribution in [0.5, 0.6) is 5.75 Å². The Bertz CT molecular complexity index is 443. The number of aromatic amines is 1. The number of nitrogens with zero attached hydrogens (tertiary/aromatic N) is 1. The van der Waals surface area contributed by atoms with Gasteiger partial charge in [-0.3, -0.25) is 14.9 Å². The van der Waals surface area contributed by atoms with Crippen molar-refractivity contribution >= 4 is 5.69 Å². The molecule has 0 atom stereocenters. The average Bonchev–Trinajstić information content (AvgIpc) is 2.16. The monoisotopic (exact) mass is 220 g/mol. The Balaban J connectivity index is 3.42. The molecule has 1 heterocycles. The summed E-state index contributed by atoms with van der Waals surface area (Å²) in [5.74, 6) is -0.420. The number of H-pyrrole nitrogens is 1. The minimum Gasteiger partial charge on any atom is -0.494 e. The number of ether oxygens (including phenoxy) is 1. The molecule has 0 radical (unpaired) electrons. The van der Waals surface area contributed by atoms with Crippen molar-refractivity contribution < 1.29 is 18.4 Å². The highest BCUT2D eigenvalue weighted by Gasteiger charge is 2.22. The van der Waals surface area contributed by atoms with Gasteiger partial charge in [0.25, 0.3) is 6.43 Å². The molecule has 0 bridgehead atoms. The van der Waals surface area contributed by atoms with E-state index in [0.29, 0.717) is 6.07 Å². The molecular weight excluding hydrogens is 214 g/mol. The molecule has 0 aliphatic rings. The predicted molar refractivity (Wildman–Crippen MR) is 45.2 cm³/mol. The van der Waals surface area contributed by atoms with Gasteiger partial charge in [0.05, 0.1) is 18.1 Å². The average molecular weight is 220 g/mol. The number of pyridine rings is 1. The van der Waals surface area contributed by atoms with Gasteiger partial charge in [0.15, 0.2) is 5.75 Å². The van der Waals surface area contributed by atoms with Gasteiger partial charge in [-0.05, 0) is 0 Å². The Labute approximate surface area is 81.6 Å². The van der Waals surface area contributed by atoms with E-state index in [1.165, 1.54) is 0 Å². The largest absolute Gasteiger partial charge is 0.494 e. The second-order valence-corrected chi connectivity index (χ2v) is 2.52. The van der Waals surface area contributed by atoms with Crippen molar-refractivity contribution in [3.05, 3.63) is 32.2 Å². The fourth-order valence-electron chi connectivity index (χ4n) is 0.982. The van der Waals surface area contributed by atoms with Crippen molar-refractivity contribution in [1.82, 2.24) is 4.98 Å². The second-order valence-electron chi connectivity index (χ2n) is 2.52. The second kappa shape index (κ2) is 4.03. The Kier molecular flexibility index (Phi) is 2.98. The Hall–Kier alpha value is -1.99. The lowest BCUT2D eigenvalue weighted by Crippen LogP contribution is -2.14. The van der Waals surface area contributed by atoms with E-state index in [4.69, 9.17) is 0 Å². The first kappa shape index (κ1) is 11.1. The van der Waals surface area contributed by atoms with E-state index in [1.807, 2.05) is 0 Å². The maximum atomic E-state index is 12.3. The molecule has 0 saturated carbocycles. The molecule has 0 aromatic carbocycles. The highest BCUT2D eigenvalue weighted by molar-refractivity contribution is 5.39. The zero-order chi connectivity index (χ0) is 11.6. The van der Waals surface area contributed by atoms with Crippen molar-refractivity contribution in [1.29, 1.82) is 0 Å². The smallest absolute Gasteiger partial charge is 0.337 e. The lowest BCUT2D eigenvalue weighted by Gasteiger charge is -2.06. The van der Waals surface area contributed by atoms with Crippen LogP contribution in [0.4, 0.5) is 14.5 Å². The SMILES string of the molecule is COc1cc([N+](=O)[O-])c(=O)[nH]c1C(F)F. The summed E-state index contributed by atoms with van der Waals surface area (Å²) in [6, 6.07) is 0.667. The number of alkyl halides is 2.